The fourth-order valence-corrected chi connectivity index (χ4v) is 1.18. The summed E-state index contributed by atoms with van der Waals surface area (Å²) in [6.07, 6.45) is -0.899. The molecule has 3 amide bonds. The highest BCUT2D eigenvalue weighted by Gasteiger charge is 2.17. The summed E-state index contributed by atoms with van der Waals surface area (Å²) >= 11 is 0. The smallest absolute Gasteiger partial charge is 0.321 e. The van der Waals surface area contributed by atoms with Crippen molar-refractivity contribution in [2.24, 2.45) is 0 Å². The number of aryl methyl sites for hydroxylation is 1. The quantitative estimate of drug-likeness (QED) is 0.855. The van der Waals surface area contributed by atoms with Crippen molar-refractivity contribution in [1.29, 1.82) is 0 Å². The molecule has 0 heterocycles. The molecule has 0 aliphatic rings. The first-order valence-electron chi connectivity index (χ1n) is 5.39. The summed E-state index contributed by atoms with van der Waals surface area (Å²) < 4.78 is 18.5. The van der Waals surface area contributed by atoms with Gasteiger partial charge in [-0.3, -0.25) is 10.1 Å². The average Bonchev–Trinajstić information content (AvgIpc) is 2.33. The summed E-state index contributed by atoms with van der Waals surface area (Å²) in [5.41, 5.74) is 0.491. The van der Waals surface area contributed by atoms with Gasteiger partial charge in [0.1, 0.15) is 11.6 Å². The summed E-state index contributed by atoms with van der Waals surface area (Å²) in [4.78, 5) is 22.4. The molecule has 18 heavy (non-hydrogen) atoms. The van der Waals surface area contributed by atoms with Crippen LogP contribution in [0.1, 0.15) is 12.5 Å². The van der Waals surface area contributed by atoms with Crippen LogP contribution in [0.15, 0.2) is 18.2 Å². The van der Waals surface area contributed by atoms with Crippen LogP contribution in [0.3, 0.4) is 0 Å². The first-order chi connectivity index (χ1) is 8.43. The standard InChI is InChI=1S/C12H15FN2O3/c1-7-4-5-9(6-10(7)13)18-8(2)11(16)15-12(17)14-3/h4-6,8H,1-3H3,(H2,14,15,16,17). The Morgan fingerprint density at radius 2 is 2.06 bits per heavy atom. The number of urea groups is 1. The van der Waals surface area contributed by atoms with Crippen molar-refractivity contribution in [3.8, 4) is 5.75 Å². The van der Waals surface area contributed by atoms with Crippen LogP contribution in [-0.4, -0.2) is 25.1 Å². The number of rotatable bonds is 3. The lowest BCUT2D eigenvalue weighted by molar-refractivity contribution is -0.126. The minimum atomic E-state index is -0.899. The molecule has 1 atom stereocenters. The Balaban J connectivity index is 2.63. The number of hydrogen-bond acceptors (Lipinski definition) is 3. The molecule has 5 nitrogen and oxygen atoms in total. The van der Waals surface area contributed by atoms with Crippen LogP contribution in [0.25, 0.3) is 0 Å². The number of carbonyl (C=O) groups excluding carboxylic acids is 2. The highest BCUT2D eigenvalue weighted by Crippen LogP contribution is 2.17. The number of imide groups is 1. The number of hydrogen-bond donors (Lipinski definition) is 2. The Labute approximate surface area is 104 Å². The Bertz CT molecular complexity index is 463. The van der Waals surface area contributed by atoms with Crippen molar-refractivity contribution in [2.75, 3.05) is 7.05 Å². The lowest BCUT2D eigenvalue weighted by Crippen LogP contribution is -2.43. The third kappa shape index (κ3) is 3.73. The van der Waals surface area contributed by atoms with Gasteiger partial charge in [0.05, 0.1) is 0 Å². The van der Waals surface area contributed by atoms with E-state index in [1.54, 1.807) is 19.1 Å². The van der Waals surface area contributed by atoms with Gasteiger partial charge in [-0.05, 0) is 25.5 Å². The van der Waals surface area contributed by atoms with Crippen LogP contribution in [-0.2, 0) is 4.79 Å². The highest BCUT2D eigenvalue weighted by molar-refractivity contribution is 5.96. The third-order valence-electron chi connectivity index (χ3n) is 2.29. The van der Waals surface area contributed by atoms with E-state index in [9.17, 15) is 14.0 Å². The molecular weight excluding hydrogens is 239 g/mol. The van der Waals surface area contributed by atoms with Gasteiger partial charge in [-0.15, -0.1) is 0 Å². The monoisotopic (exact) mass is 254 g/mol. The van der Waals surface area contributed by atoms with E-state index in [1.165, 1.54) is 20.0 Å². The minimum Gasteiger partial charge on any atom is -0.481 e. The predicted octanol–water partition coefficient (Wildman–Crippen LogP) is 1.36. The number of halogens is 1. The molecule has 0 fully saturated rings. The van der Waals surface area contributed by atoms with Crippen LogP contribution in [0.5, 0.6) is 5.75 Å². The van der Waals surface area contributed by atoms with E-state index >= 15 is 0 Å². The fraction of sp³-hybridized carbons (Fsp3) is 0.333. The van der Waals surface area contributed by atoms with Gasteiger partial charge in [0.25, 0.3) is 5.91 Å². The lowest BCUT2D eigenvalue weighted by Gasteiger charge is -2.14. The zero-order valence-corrected chi connectivity index (χ0v) is 10.4. The Hall–Kier alpha value is -2.11. The molecule has 1 unspecified atom stereocenters. The number of carbonyl (C=O) groups is 2. The largest absolute Gasteiger partial charge is 0.481 e. The number of amides is 3. The molecule has 0 aliphatic heterocycles. The Morgan fingerprint density at radius 3 is 2.61 bits per heavy atom. The molecule has 1 rings (SSSR count). The van der Waals surface area contributed by atoms with Crippen molar-refractivity contribution >= 4 is 11.9 Å². The van der Waals surface area contributed by atoms with Gasteiger partial charge in [0, 0.05) is 13.1 Å². The van der Waals surface area contributed by atoms with E-state index in [0.717, 1.165) is 0 Å². The van der Waals surface area contributed by atoms with E-state index in [4.69, 9.17) is 4.74 Å². The number of ether oxygens (including phenoxy) is 1. The van der Waals surface area contributed by atoms with E-state index in [-0.39, 0.29) is 5.75 Å². The first kappa shape index (κ1) is 14.0. The summed E-state index contributed by atoms with van der Waals surface area (Å²) in [6.45, 7) is 3.09. The molecule has 0 spiro atoms. The van der Waals surface area contributed by atoms with Crippen molar-refractivity contribution in [3.05, 3.63) is 29.6 Å². The zero-order chi connectivity index (χ0) is 13.7. The van der Waals surface area contributed by atoms with Crippen LogP contribution < -0.4 is 15.4 Å². The molecule has 0 saturated carbocycles. The molecule has 1 aromatic rings. The van der Waals surface area contributed by atoms with Crippen molar-refractivity contribution < 1.29 is 18.7 Å². The number of benzene rings is 1. The summed E-state index contributed by atoms with van der Waals surface area (Å²) in [5, 5.41) is 4.31. The maximum Gasteiger partial charge on any atom is 0.321 e. The molecule has 0 aromatic heterocycles. The fourth-order valence-electron chi connectivity index (χ4n) is 1.18. The van der Waals surface area contributed by atoms with Gasteiger partial charge in [-0.25, -0.2) is 9.18 Å². The highest BCUT2D eigenvalue weighted by atomic mass is 19.1. The van der Waals surface area contributed by atoms with E-state index < -0.39 is 23.9 Å². The molecule has 6 heteroatoms. The first-order valence-corrected chi connectivity index (χ1v) is 5.39. The van der Waals surface area contributed by atoms with Gasteiger partial charge in [-0.1, -0.05) is 6.07 Å². The molecular formula is C12H15FN2O3. The second kappa shape index (κ2) is 6.00. The molecule has 0 saturated heterocycles. The van der Waals surface area contributed by atoms with Crippen LogP contribution >= 0.6 is 0 Å². The van der Waals surface area contributed by atoms with Crippen molar-refractivity contribution in [3.63, 3.8) is 0 Å². The normalized spacial score (nSPS) is 11.6. The molecule has 1 aromatic carbocycles. The third-order valence-corrected chi connectivity index (χ3v) is 2.29. The molecule has 0 aliphatic carbocycles. The topological polar surface area (TPSA) is 67.4 Å². The van der Waals surface area contributed by atoms with E-state index in [0.29, 0.717) is 5.56 Å². The maximum absolute atomic E-state index is 13.3. The summed E-state index contributed by atoms with van der Waals surface area (Å²) in [5.74, 6) is -0.778. The van der Waals surface area contributed by atoms with Gasteiger partial charge < -0.3 is 10.1 Å². The zero-order valence-electron chi connectivity index (χ0n) is 10.4. The van der Waals surface area contributed by atoms with Gasteiger partial charge in [-0.2, -0.15) is 0 Å². The van der Waals surface area contributed by atoms with Gasteiger partial charge in [0.15, 0.2) is 6.10 Å². The molecule has 0 bridgehead atoms. The SMILES string of the molecule is CNC(=O)NC(=O)C(C)Oc1ccc(C)c(F)c1. The van der Waals surface area contributed by atoms with Crippen LogP contribution in [0.2, 0.25) is 0 Å². The maximum atomic E-state index is 13.3. The van der Waals surface area contributed by atoms with Crippen LogP contribution in [0.4, 0.5) is 9.18 Å². The second-order valence-electron chi connectivity index (χ2n) is 3.74. The summed E-state index contributed by atoms with van der Waals surface area (Å²) in [6, 6.07) is 3.68. The van der Waals surface area contributed by atoms with Gasteiger partial charge in [0.2, 0.25) is 0 Å². The predicted molar refractivity (Wildman–Crippen MR) is 63.8 cm³/mol. The number of nitrogens with one attached hydrogen (secondary N) is 2. The summed E-state index contributed by atoms with van der Waals surface area (Å²) in [7, 11) is 1.39. The average molecular weight is 254 g/mol. The lowest BCUT2D eigenvalue weighted by atomic mass is 10.2. The minimum absolute atomic E-state index is 0.234. The van der Waals surface area contributed by atoms with E-state index in [1.807, 2.05) is 0 Å². The Morgan fingerprint density at radius 1 is 1.39 bits per heavy atom. The molecule has 98 valence electrons. The molecule has 0 radical (unpaired) electrons. The molecule has 2 N–H and O–H groups in total. The van der Waals surface area contributed by atoms with Crippen molar-refractivity contribution in [1.82, 2.24) is 10.6 Å². The van der Waals surface area contributed by atoms with Gasteiger partial charge >= 0.3 is 6.03 Å². The van der Waals surface area contributed by atoms with E-state index in [2.05, 4.69) is 10.6 Å². The second-order valence-corrected chi connectivity index (χ2v) is 3.74. The van der Waals surface area contributed by atoms with Crippen molar-refractivity contribution in [2.45, 2.75) is 20.0 Å². The van der Waals surface area contributed by atoms with Crippen LogP contribution in [0, 0.1) is 12.7 Å². The Kier molecular flexibility index (Phi) is 4.65.